The molecule has 0 saturated carbocycles. The van der Waals surface area contributed by atoms with Crippen molar-refractivity contribution in [1.29, 1.82) is 0 Å². The van der Waals surface area contributed by atoms with Crippen molar-refractivity contribution in [3.05, 3.63) is 94.9 Å². The number of fused-ring (bicyclic) bond motifs is 2. The number of anilines is 2. The Balaban J connectivity index is 1.44. The topological polar surface area (TPSA) is 81.8 Å². The summed E-state index contributed by atoms with van der Waals surface area (Å²) in [4.78, 5) is 44.8. The van der Waals surface area contributed by atoms with Crippen molar-refractivity contribution in [2.24, 2.45) is 0 Å². The van der Waals surface area contributed by atoms with Crippen LogP contribution in [0.3, 0.4) is 0 Å². The number of rotatable bonds is 3. The van der Waals surface area contributed by atoms with Gasteiger partial charge in [-0.2, -0.15) is 0 Å². The molecule has 6 rings (SSSR count). The van der Waals surface area contributed by atoms with E-state index >= 15 is 0 Å². The molecule has 8 heteroatoms. The molecule has 192 valence electrons. The predicted molar refractivity (Wildman–Crippen MR) is 151 cm³/mol. The van der Waals surface area contributed by atoms with E-state index in [2.05, 4.69) is 10.6 Å². The van der Waals surface area contributed by atoms with Crippen molar-refractivity contribution in [1.82, 2.24) is 10.2 Å². The quantitative estimate of drug-likeness (QED) is 0.392. The second kappa shape index (κ2) is 10.4. The van der Waals surface area contributed by atoms with Crippen molar-refractivity contribution in [2.45, 2.75) is 18.9 Å². The zero-order valence-corrected chi connectivity index (χ0v) is 21.7. The Morgan fingerprint density at radius 1 is 0.868 bits per heavy atom. The second-order valence-corrected chi connectivity index (χ2v) is 10.7. The third kappa shape index (κ3) is 4.68. The standard InChI is InChI=1S/C30H28N4O3S/c35-28-19-25(20-7-2-1-3-8-20)34(30(37)27-18-21-9-4-5-10-26(21)38-27)24-12-11-22(17-23(24)32-28)29(36)33-15-6-13-31-14-16-33/h1-5,7-12,17-18,25,31H,6,13-16,19H2,(H,32,35). The molecule has 38 heavy (non-hydrogen) atoms. The molecule has 4 aromatic rings. The van der Waals surface area contributed by atoms with Gasteiger partial charge in [-0.1, -0.05) is 48.5 Å². The van der Waals surface area contributed by atoms with Gasteiger partial charge in [0, 0.05) is 29.9 Å². The first kappa shape index (κ1) is 24.3. The second-order valence-electron chi connectivity index (χ2n) is 9.63. The summed E-state index contributed by atoms with van der Waals surface area (Å²) in [6.45, 7) is 2.96. The van der Waals surface area contributed by atoms with Crippen LogP contribution < -0.4 is 15.5 Å². The summed E-state index contributed by atoms with van der Waals surface area (Å²) in [5.41, 5.74) is 2.43. The summed E-state index contributed by atoms with van der Waals surface area (Å²) in [5.74, 6) is -0.442. The lowest BCUT2D eigenvalue weighted by molar-refractivity contribution is -0.116. The smallest absolute Gasteiger partial charge is 0.269 e. The van der Waals surface area contributed by atoms with Crippen molar-refractivity contribution in [2.75, 3.05) is 36.4 Å². The predicted octanol–water partition coefficient (Wildman–Crippen LogP) is 5.07. The number of nitrogens with one attached hydrogen (secondary N) is 2. The molecular weight excluding hydrogens is 496 g/mol. The highest BCUT2D eigenvalue weighted by atomic mass is 32.1. The molecule has 1 atom stereocenters. The third-order valence-electron chi connectivity index (χ3n) is 7.13. The van der Waals surface area contributed by atoms with Crippen molar-refractivity contribution in [3.63, 3.8) is 0 Å². The van der Waals surface area contributed by atoms with Crippen LogP contribution in [0.15, 0.2) is 78.9 Å². The highest BCUT2D eigenvalue weighted by Gasteiger charge is 2.35. The van der Waals surface area contributed by atoms with Crippen molar-refractivity contribution < 1.29 is 14.4 Å². The first-order chi connectivity index (χ1) is 18.6. The Labute approximate surface area is 225 Å². The number of benzene rings is 3. The molecule has 3 aromatic carbocycles. The van der Waals surface area contributed by atoms with Crippen molar-refractivity contribution in [3.8, 4) is 0 Å². The Hall–Kier alpha value is -4.01. The summed E-state index contributed by atoms with van der Waals surface area (Å²) in [5, 5.41) is 7.31. The average Bonchev–Trinajstić information content (AvgIpc) is 3.10. The SMILES string of the molecule is O=C1CC(c2ccccc2)N(C(=O)c2cc3ccccc3s2)c2ccc(C(=O)N3CCCNCC3)cc2N1. The van der Waals surface area contributed by atoms with Gasteiger partial charge in [0.25, 0.3) is 11.8 Å². The van der Waals surface area contributed by atoms with E-state index in [9.17, 15) is 14.4 Å². The molecule has 0 spiro atoms. The summed E-state index contributed by atoms with van der Waals surface area (Å²) >= 11 is 1.44. The van der Waals surface area contributed by atoms with Crippen LogP contribution in [-0.4, -0.2) is 48.8 Å². The van der Waals surface area contributed by atoms with E-state index in [4.69, 9.17) is 0 Å². The molecule has 2 N–H and O–H groups in total. The Kier molecular flexibility index (Phi) is 6.66. The van der Waals surface area contributed by atoms with Gasteiger partial charge >= 0.3 is 0 Å². The maximum Gasteiger partial charge on any atom is 0.269 e. The van der Waals surface area contributed by atoms with E-state index in [0.717, 1.165) is 35.2 Å². The summed E-state index contributed by atoms with van der Waals surface area (Å²) in [6.07, 6.45) is 1.00. The van der Waals surface area contributed by atoms with Crippen LogP contribution in [0.5, 0.6) is 0 Å². The molecule has 7 nitrogen and oxygen atoms in total. The van der Waals surface area contributed by atoms with Gasteiger partial charge in [0.05, 0.1) is 28.7 Å². The largest absolute Gasteiger partial charge is 0.337 e. The molecule has 0 radical (unpaired) electrons. The molecule has 0 bridgehead atoms. The van der Waals surface area contributed by atoms with E-state index in [1.165, 1.54) is 11.3 Å². The molecule has 2 aliphatic heterocycles. The zero-order chi connectivity index (χ0) is 26.1. The first-order valence-corrected chi connectivity index (χ1v) is 13.7. The van der Waals surface area contributed by atoms with E-state index in [-0.39, 0.29) is 24.1 Å². The Bertz CT molecular complexity index is 1480. The van der Waals surface area contributed by atoms with Crippen LogP contribution in [0, 0.1) is 0 Å². The van der Waals surface area contributed by atoms with Gasteiger partial charge in [-0.25, -0.2) is 0 Å². The molecule has 0 aliphatic carbocycles. The maximum absolute atomic E-state index is 14.2. The van der Waals surface area contributed by atoms with Gasteiger partial charge < -0.3 is 15.5 Å². The van der Waals surface area contributed by atoms with Gasteiger partial charge in [-0.3, -0.25) is 19.3 Å². The number of amides is 3. The number of nitrogens with zero attached hydrogens (tertiary/aromatic N) is 2. The minimum atomic E-state index is -0.492. The molecule has 1 unspecified atom stereocenters. The van der Waals surface area contributed by atoms with Gasteiger partial charge in [0.1, 0.15) is 0 Å². The average molecular weight is 525 g/mol. The summed E-state index contributed by atoms with van der Waals surface area (Å²) < 4.78 is 1.03. The van der Waals surface area contributed by atoms with Gasteiger partial charge in [0.2, 0.25) is 5.91 Å². The molecule has 1 fully saturated rings. The minimum absolute atomic E-state index is 0.0722. The highest BCUT2D eigenvalue weighted by Crippen LogP contribution is 2.41. The molecule has 1 saturated heterocycles. The van der Waals surface area contributed by atoms with Gasteiger partial charge in [-0.15, -0.1) is 11.3 Å². The van der Waals surface area contributed by atoms with Crippen LogP contribution in [0.4, 0.5) is 11.4 Å². The molecule has 3 heterocycles. The van der Waals surface area contributed by atoms with E-state index < -0.39 is 6.04 Å². The molecular formula is C30H28N4O3S. The van der Waals surface area contributed by atoms with Crippen molar-refractivity contribution >= 4 is 50.5 Å². The highest BCUT2D eigenvalue weighted by molar-refractivity contribution is 7.20. The van der Waals surface area contributed by atoms with E-state index in [1.54, 1.807) is 23.1 Å². The minimum Gasteiger partial charge on any atom is -0.337 e. The normalized spacial score (nSPS) is 17.9. The lowest BCUT2D eigenvalue weighted by Gasteiger charge is -2.30. The lowest BCUT2D eigenvalue weighted by Crippen LogP contribution is -2.35. The zero-order valence-electron chi connectivity index (χ0n) is 20.9. The maximum atomic E-state index is 14.2. The van der Waals surface area contributed by atoms with Crippen LogP contribution in [-0.2, 0) is 4.79 Å². The Morgan fingerprint density at radius 3 is 2.53 bits per heavy atom. The summed E-state index contributed by atoms with van der Waals surface area (Å²) in [7, 11) is 0. The van der Waals surface area contributed by atoms with Crippen LogP contribution in [0.25, 0.3) is 10.1 Å². The Morgan fingerprint density at radius 2 is 1.68 bits per heavy atom. The van der Waals surface area contributed by atoms with Crippen LogP contribution in [0.2, 0.25) is 0 Å². The van der Waals surface area contributed by atoms with Gasteiger partial charge in [0.15, 0.2) is 0 Å². The van der Waals surface area contributed by atoms with Crippen LogP contribution in [0.1, 0.15) is 44.5 Å². The molecule has 3 amide bonds. The van der Waals surface area contributed by atoms with E-state index in [0.29, 0.717) is 34.9 Å². The monoisotopic (exact) mass is 524 g/mol. The fourth-order valence-corrected chi connectivity index (χ4v) is 6.25. The van der Waals surface area contributed by atoms with Gasteiger partial charge in [-0.05, 0) is 54.2 Å². The number of thiophene rings is 1. The number of hydrogen-bond donors (Lipinski definition) is 2. The van der Waals surface area contributed by atoms with Crippen LogP contribution >= 0.6 is 11.3 Å². The summed E-state index contributed by atoms with van der Waals surface area (Å²) in [6, 6.07) is 24.3. The molecule has 1 aromatic heterocycles. The first-order valence-electron chi connectivity index (χ1n) is 12.9. The number of carbonyl (C=O) groups excluding carboxylic acids is 3. The fourth-order valence-electron chi connectivity index (χ4n) is 5.25. The number of carbonyl (C=O) groups is 3. The van der Waals surface area contributed by atoms with E-state index in [1.807, 2.05) is 65.6 Å². The lowest BCUT2D eigenvalue weighted by atomic mass is 10.0. The fraction of sp³-hybridized carbons (Fsp3) is 0.233. The third-order valence-corrected chi connectivity index (χ3v) is 8.24. The number of hydrogen-bond acceptors (Lipinski definition) is 5. The molecule has 2 aliphatic rings.